The number of carbonyl (C=O) groups is 2. The summed E-state index contributed by atoms with van der Waals surface area (Å²) in [6.45, 7) is 5.34. The van der Waals surface area contributed by atoms with Gasteiger partial charge in [0.15, 0.2) is 0 Å². The van der Waals surface area contributed by atoms with E-state index in [9.17, 15) is 18.4 Å². The van der Waals surface area contributed by atoms with Crippen molar-refractivity contribution < 1.29 is 32.6 Å². The summed E-state index contributed by atoms with van der Waals surface area (Å²) in [5.74, 6) is -0.807. The van der Waals surface area contributed by atoms with Crippen molar-refractivity contribution in [1.29, 1.82) is 0 Å². The number of rotatable bonds is 4. The number of hydrogen-bond acceptors (Lipinski definition) is 5. The Bertz CT molecular complexity index is 1350. The van der Waals surface area contributed by atoms with Gasteiger partial charge in [-0.1, -0.05) is 17.7 Å². The summed E-state index contributed by atoms with van der Waals surface area (Å²) >= 11 is 5.57. The molecular formula is C28H26ClF2NO5. The fourth-order valence-corrected chi connectivity index (χ4v) is 4.72. The van der Waals surface area contributed by atoms with Gasteiger partial charge in [-0.15, -0.1) is 0 Å². The van der Waals surface area contributed by atoms with Crippen LogP contribution in [0.2, 0.25) is 5.02 Å². The number of nitrogens with one attached hydrogen (secondary N) is 1. The van der Waals surface area contributed by atoms with Crippen molar-refractivity contribution in [1.82, 2.24) is 0 Å². The van der Waals surface area contributed by atoms with Gasteiger partial charge in [0.05, 0.1) is 18.3 Å². The monoisotopic (exact) mass is 529 g/mol. The van der Waals surface area contributed by atoms with E-state index in [2.05, 4.69) is 5.32 Å². The SMILES string of the molecule is COc1ccc(F)cc1C1(C)CC(C)(C(=O)Nc2ccc3c(c2)COC3=O)O1.Cc1c(F)cccc1Cl. The van der Waals surface area contributed by atoms with Gasteiger partial charge in [0.2, 0.25) is 0 Å². The van der Waals surface area contributed by atoms with Crippen molar-refractivity contribution in [2.24, 2.45) is 0 Å². The molecule has 2 aliphatic heterocycles. The van der Waals surface area contributed by atoms with Crippen LogP contribution in [0.25, 0.3) is 0 Å². The van der Waals surface area contributed by atoms with Crippen LogP contribution in [0.1, 0.15) is 47.3 Å². The summed E-state index contributed by atoms with van der Waals surface area (Å²) in [6, 6.07) is 13.9. The Kier molecular flexibility index (Phi) is 7.26. The van der Waals surface area contributed by atoms with Crippen LogP contribution < -0.4 is 10.1 Å². The van der Waals surface area contributed by atoms with Crippen LogP contribution in [0, 0.1) is 18.6 Å². The van der Waals surface area contributed by atoms with E-state index in [0.29, 0.717) is 39.6 Å². The number of amides is 1. The third-order valence-corrected chi connectivity index (χ3v) is 6.89. The summed E-state index contributed by atoms with van der Waals surface area (Å²) in [7, 11) is 1.51. The molecule has 1 amide bonds. The second kappa shape index (κ2) is 10.1. The van der Waals surface area contributed by atoms with Crippen molar-refractivity contribution in [2.45, 2.75) is 45.0 Å². The number of ether oxygens (including phenoxy) is 3. The van der Waals surface area contributed by atoms with E-state index >= 15 is 0 Å². The van der Waals surface area contributed by atoms with E-state index < -0.39 is 17.0 Å². The fraction of sp³-hybridized carbons (Fsp3) is 0.286. The van der Waals surface area contributed by atoms with Crippen LogP contribution >= 0.6 is 11.6 Å². The number of esters is 1. The first-order chi connectivity index (χ1) is 17.5. The van der Waals surface area contributed by atoms with Crippen molar-refractivity contribution in [2.75, 3.05) is 12.4 Å². The lowest BCUT2D eigenvalue weighted by Crippen LogP contribution is -2.60. The van der Waals surface area contributed by atoms with Gasteiger partial charge in [-0.2, -0.15) is 0 Å². The second-order valence-corrected chi connectivity index (χ2v) is 9.74. The van der Waals surface area contributed by atoms with Crippen molar-refractivity contribution in [3.05, 3.63) is 93.5 Å². The molecule has 2 aliphatic rings. The predicted octanol–water partition coefficient (Wildman–Crippen LogP) is 6.33. The first-order valence-corrected chi connectivity index (χ1v) is 11.9. The normalized spacial score (nSPS) is 21.6. The average molecular weight is 530 g/mol. The lowest BCUT2D eigenvalue weighted by molar-refractivity contribution is -0.251. The highest BCUT2D eigenvalue weighted by Crippen LogP contribution is 2.51. The number of benzene rings is 3. The largest absolute Gasteiger partial charge is 0.496 e. The average Bonchev–Trinajstić information content (AvgIpc) is 3.21. The Labute approximate surface area is 218 Å². The molecular weight excluding hydrogens is 504 g/mol. The summed E-state index contributed by atoms with van der Waals surface area (Å²) in [5, 5.41) is 3.30. The van der Waals surface area contributed by atoms with Gasteiger partial charge in [0.25, 0.3) is 5.91 Å². The highest BCUT2D eigenvalue weighted by molar-refractivity contribution is 6.31. The Hall–Kier alpha value is -3.49. The Balaban J connectivity index is 0.000000301. The Morgan fingerprint density at radius 1 is 1.11 bits per heavy atom. The molecule has 5 rings (SSSR count). The van der Waals surface area contributed by atoms with Crippen LogP contribution in [-0.2, 0) is 26.5 Å². The first kappa shape index (κ1) is 26.6. The van der Waals surface area contributed by atoms with Crippen LogP contribution in [0.15, 0.2) is 54.6 Å². The molecule has 1 saturated heterocycles. The number of methoxy groups -OCH3 is 1. The first-order valence-electron chi connectivity index (χ1n) is 11.5. The third kappa shape index (κ3) is 5.31. The highest BCUT2D eigenvalue weighted by Gasteiger charge is 2.56. The molecule has 37 heavy (non-hydrogen) atoms. The number of carbonyl (C=O) groups excluding carboxylic acids is 2. The molecule has 9 heteroatoms. The molecule has 0 saturated carbocycles. The standard InChI is InChI=1S/C21H20FNO5.C7H6ClF/c1-20(16-9-13(22)4-7-17(16)26-3)11-21(2,28-20)19(25)23-14-5-6-15-12(8-14)10-27-18(15)24;1-5-6(8)3-2-4-7(5)9/h4-9H,10-11H2,1-3H3,(H,23,25);2-4H,1H3. The quantitative estimate of drug-likeness (QED) is 0.400. The molecule has 3 aromatic carbocycles. The Morgan fingerprint density at radius 3 is 2.49 bits per heavy atom. The summed E-state index contributed by atoms with van der Waals surface area (Å²) in [6.07, 6.45) is 0.359. The lowest BCUT2D eigenvalue weighted by Gasteiger charge is -2.52. The molecule has 6 nitrogen and oxygen atoms in total. The number of fused-ring (bicyclic) bond motifs is 1. The molecule has 1 N–H and O–H groups in total. The topological polar surface area (TPSA) is 73.9 Å². The summed E-state index contributed by atoms with van der Waals surface area (Å²) in [4.78, 5) is 24.3. The van der Waals surface area contributed by atoms with Gasteiger partial charge in [-0.05, 0) is 69.3 Å². The van der Waals surface area contributed by atoms with Gasteiger partial charge >= 0.3 is 5.97 Å². The minimum absolute atomic E-state index is 0.198. The molecule has 194 valence electrons. The maximum absolute atomic E-state index is 13.7. The molecule has 0 spiro atoms. The molecule has 0 aromatic heterocycles. The van der Waals surface area contributed by atoms with Crippen LogP contribution in [0.4, 0.5) is 14.5 Å². The van der Waals surface area contributed by atoms with Crippen LogP contribution in [-0.4, -0.2) is 24.6 Å². The maximum atomic E-state index is 13.7. The highest BCUT2D eigenvalue weighted by atomic mass is 35.5. The smallest absolute Gasteiger partial charge is 0.338 e. The number of halogens is 3. The van der Waals surface area contributed by atoms with Gasteiger partial charge in [-0.3, -0.25) is 4.79 Å². The van der Waals surface area contributed by atoms with Crippen molar-refractivity contribution in [3.63, 3.8) is 0 Å². The molecule has 2 atom stereocenters. The molecule has 0 bridgehead atoms. The molecule has 0 aliphatic carbocycles. The van der Waals surface area contributed by atoms with Gasteiger partial charge in [0.1, 0.15) is 29.6 Å². The molecule has 3 aromatic rings. The van der Waals surface area contributed by atoms with Crippen LogP contribution in [0.5, 0.6) is 5.75 Å². The molecule has 2 heterocycles. The summed E-state index contributed by atoms with van der Waals surface area (Å²) < 4.78 is 42.5. The number of hydrogen-bond donors (Lipinski definition) is 1. The molecule has 2 unspecified atom stereocenters. The van der Waals surface area contributed by atoms with E-state index in [1.165, 1.54) is 25.3 Å². The van der Waals surface area contributed by atoms with E-state index in [1.807, 2.05) is 0 Å². The van der Waals surface area contributed by atoms with E-state index in [1.54, 1.807) is 57.2 Å². The zero-order valence-electron chi connectivity index (χ0n) is 20.8. The second-order valence-electron chi connectivity index (χ2n) is 9.33. The molecule has 0 radical (unpaired) electrons. The van der Waals surface area contributed by atoms with E-state index in [4.69, 9.17) is 25.8 Å². The lowest BCUT2D eigenvalue weighted by atomic mass is 9.76. The number of anilines is 1. The third-order valence-electron chi connectivity index (χ3n) is 6.48. The minimum atomic E-state index is -1.07. The maximum Gasteiger partial charge on any atom is 0.338 e. The van der Waals surface area contributed by atoms with Crippen LogP contribution in [0.3, 0.4) is 0 Å². The van der Waals surface area contributed by atoms with E-state index in [-0.39, 0.29) is 24.3 Å². The van der Waals surface area contributed by atoms with Crippen molar-refractivity contribution in [3.8, 4) is 5.75 Å². The zero-order chi connectivity index (χ0) is 27.0. The zero-order valence-corrected chi connectivity index (χ0v) is 21.5. The van der Waals surface area contributed by atoms with Gasteiger partial charge in [-0.25, -0.2) is 13.6 Å². The van der Waals surface area contributed by atoms with Gasteiger partial charge < -0.3 is 19.5 Å². The van der Waals surface area contributed by atoms with Gasteiger partial charge in [0, 0.05) is 33.8 Å². The molecule has 1 fully saturated rings. The summed E-state index contributed by atoms with van der Waals surface area (Å²) in [5.41, 5.74) is 0.970. The van der Waals surface area contributed by atoms with E-state index in [0.717, 1.165) is 5.56 Å². The van der Waals surface area contributed by atoms with Crippen molar-refractivity contribution >= 4 is 29.2 Å². The fourth-order valence-electron chi connectivity index (χ4n) is 4.56. The minimum Gasteiger partial charge on any atom is -0.496 e. The number of cyclic esters (lactones) is 1. The predicted molar refractivity (Wildman–Crippen MR) is 135 cm³/mol. The Morgan fingerprint density at radius 2 is 1.84 bits per heavy atom.